The molecule has 31 heavy (non-hydrogen) atoms. The Balaban J connectivity index is 0.00000341. The summed E-state index contributed by atoms with van der Waals surface area (Å²) in [6.45, 7) is 8.68. The SMILES string of the molecule is CN=C(NCC1CCN(Cc2csc(C)n2)CC1)NC1CCN(CC(=O)NC)CC1.I. The van der Waals surface area contributed by atoms with Crippen molar-refractivity contribution in [3.63, 3.8) is 0 Å². The second kappa shape index (κ2) is 13.5. The van der Waals surface area contributed by atoms with Crippen molar-refractivity contribution < 1.29 is 4.79 Å². The Labute approximate surface area is 207 Å². The van der Waals surface area contributed by atoms with E-state index in [0.29, 0.717) is 18.5 Å². The first-order chi connectivity index (χ1) is 14.6. The Morgan fingerprint density at radius 2 is 1.87 bits per heavy atom. The summed E-state index contributed by atoms with van der Waals surface area (Å²) in [4.78, 5) is 25.3. The number of likely N-dealkylation sites (tertiary alicyclic amines) is 2. The monoisotopic (exact) mass is 563 g/mol. The molecule has 0 atom stereocenters. The number of carbonyl (C=O) groups is 1. The number of hydrogen-bond acceptors (Lipinski definition) is 6. The standard InChI is InChI=1S/C21H37N7OS.HI/c1-16-25-19(15-30-16)13-27-8-4-17(5-9-27)12-24-21(23-3)26-18-6-10-28(11-7-18)14-20(29)22-2;/h15,17-18H,4-14H2,1-3H3,(H,22,29)(H2,23,24,26);1H. The molecule has 1 aromatic heterocycles. The number of nitrogens with one attached hydrogen (secondary N) is 3. The van der Waals surface area contributed by atoms with E-state index in [1.165, 1.54) is 18.5 Å². The van der Waals surface area contributed by atoms with Crippen LogP contribution < -0.4 is 16.0 Å². The summed E-state index contributed by atoms with van der Waals surface area (Å²) in [5.74, 6) is 1.68. The van der Waals surface area contributed by atoms with Gasteiger partial charge in [0.25, 0.3) is 0 Å². The van der Waals surface area contributed by atoms with Crippen molar-refractivity contribution in [3.05, 3.63) is 16.1 Å². The second-order valence-corrected chi connectivity index (χ2v) is 9.46. The lowest BCUT2D eigenvalue weighted by Gasteiger charge is -2.34. The number of aromatic nitrogens is 1. The number of nitrogens with zero attached hydrogens (tertiary/aromatic N) is 4. The molecule has 3 N–H and O–H groups in total. The number of guanidine groups is 1. The average Bonchev–Trinajstić information content (AvgIpc) is 3.17. The Kier molecular flexibility index (Phi) is 11.5. The van der Waals surface area contributed by atoms with E-state index < -0.39 is 0 Å². The van der Waals surface area contributed by atoms with E-state index in [1.54, 1.807) is 18.4 Å². The highest BCUT2D eigenvalue weighted by molar-refractivity contribution is 14.0. The van der Waals surface area contributed by atoms with Crippen LogP contribution in [0.3, 0.4) is 0 Å². The van der Waals surface area contributed by atoms with Crippen LogP contribution in [0, 0.1) is 12.8 Å². The molecule has 2 aliphatic rings. The van der Waals surface area contributed by atoms with E-state index in [4.69, 9.17) is 0 Å². The number of likely N-dealkylation sites (N-methyl/N-ethyl adjacent to an activating group) is 1. The van der Waals surface area contributed by atoms with Gasteiger partial charge in [0, 0.05) is 51.7 Å². The summed E-state index contributed by atoms with van der Waals surface area (Å²) in [6.07, 6.45) is 4.49. The van der Waals surface area contributed by atoms with E-state index in [-0.39, 0.29) is 29.9 Å². The molecule has 0 spiro atoms. The average molecular weight is 564 g/mol. The maximum atomic E-state index is 11.5. The van der Waals surface area contributed by atoms with Gasteiger partial charge in [-0.15, -0.1) is 35.3 Å². The third-order valence-electron chi connectivity index (χ3n) is 6.12. The first-order valence-electron chi connectivity index (χ1n) is 11.1. The van der Waals surface area contributed by atoms with Gasteiger partial charge in [-0.3, -0.25) is 19.6 Å². The quantitative estimate of drug-likeness (QED) is 0.266. The minimum Gasteiger partial charge on any atom is -0.358 e. The summed E-state index contributed by atoms with van der Waals surface area (Å²) in [6, 6.07) is 0.417. The number of amides is 1. The van der Waals surface area contributed by atoms with Crippen molar-refractivity contribution >= 4 is 47.2 Å². The van der Waals surface area contributed by atoms with Gasteiger partial charge in [-0.1, -0.05) is 0 Å². The van der Waals surface area contributed by atoms with Crippen molar-refractivity contribution in [2.24, 2.45) is 10.9 Å². The highest BCUT2D eigenvalue weighted by Gasteiger charge is 2.23. The summed E-state index contributed by atoms with van der Waals surface area (Å²) in [5, 5.41) is 13.1. The Morgan fingerprint density at radius 1 is 1.19 bits per heavy atom. The fourth-order valence-electron chi connectivity index (χ4n) is 4.21. The van der Waals surface area contributed by atoms with Crippen LogP contribution >= 0.6 is 35.3 Å². The molecular weight excluding hydrogens is 525 g/mol. The first kappa shape index (κ1) is 26.3. The van der Waals surface area contributed by atoms with Gasteiger partial charge in [0.05, 0.1) is 17.2 Å². The zero-order valence-corrected chi connectivity index (χ0v) is 22.2. The van der Waals surface area contributed by atoms with Crippen LogP contribution in [0.4, 0.5) is 0 Å². The smallest absolute Gasteiger partial charge is 0.233 e. The lowest BCUT2D eigenvalue weighted by atomic mass is 9.97. The Bertz CT molecular complexity index is 698. The normalized spacial score (nSPS) is 19.6. The fourth-order valence-corrected chi connectivity index (χ4v) is 4.81. The van der Waals surface area contributed by atoms with Crippen LogP contribution in [0.25, 0.3) is 0 Å². The predicted octanol–water partition coefficient (Wildman–Crippen LogP) is 1.66. The van der Waals surface area contributed by atoms with Gasteiger partial charge in [-0.05, 0) is 51.6 Å². The number of rotatable bonds is 7. The Hall–Kier alpha value is -0.980. The number of aliphatic imine (C=N–C) groups is 1. The van der Waals surface area contributed by atoms with Gasteiger partial charge in [0.2, 0.25) is 5.91 Å². The number of carbonyl (C=O) groups excluding carboxylic acids is 1. The number of halogens is 1. The van der Waals surface area contributed by atoms with Crippen LogP contribution in [-0.4, -0.2) is 86.1 Å². The topological polar surface area (TPSA) is 84.9 Å². The molecule has 0 bridgehead atoms. The van der Waals surface area contributed by atoms with E-state index in [2.05, 4.69) is 48.0 Å². The molecule has 1 aromatic rings. The van der Waals surface area contributed by atoms with Gasteiger partial charge in [0.1, 0.15) is 0 Å². The van der Waals surface area contributed by atoms with Crippen LogP contribution in [0.2, 0.25) is 0 Å². The molecule has 176 valence electrons. The number of piperidine rings is 2. The molecule has 0 aliphatic carbocycles. The third-order valence-corrected chi connectivity index (χ3v) is 6.94. The second-order valence-electron chi connectivity index (χ2n) is 8.40. The maximum absolute atomic E-state index is 11.5. The highest BCUT2D eigenvalue weighted by Crippen LogP contribution is 2.19. The largest absolute Gasteiger partial charge is 0.358 e. The van der Waals surface area contributed by atoms with Gasteiger partial charge < -0.3 is 16.0 Å². The van der Waals surface area contributed by atoms with Crippen molar-refractivity contribution in [2.45, 2.75) is 45.2 Å². The molecule has 10 heteroatoms. The van der Waals surface area contributed by atoms with Crippen LogP contribution in [0.1, 0.15) is 36.4 Å². The highest BCUT2D eigenvalue weighted by atomic mass is 127. The van der Waals surface area contributed by atoms with E-state index in [0.717, 1.165) is 63.1 Å². The van der Waals surface area contributed by atoms with Crippen molar-refractivity contribution in [1.82, 2.24) is 30.7 Å². The molecule has 0 radical (unpaired) electrons. The minimum absolute atomic E-state index is 0. The van der Waals surface area contributed by atoms with E-state index in [1.807, 2.05) is 7.05 Å². The molecule has 3 heterocycles. The molecule has 0 saturated carbocycles. The molecule has 2 aliphatic heterocycles. The summed E-state index contributed by atoms with van der Waals surface area (Å²) in [5.41, 5.74) is 1.21. The van der Waals surface area contributed by atoms with Crippen LogP contribution in [0.5, 0.6) is 0 Å². The summed E-state index contributed by atoms with van der Waals surface area (Å²) < 4.78 is 0. The summed E-state index contributed by atoms with van der Waals surface area (Å²) >= 11 is 1.74. The first-order valence-corrected chi connectivity index (χ1v) is 12.0. The van der Waals surface area contributed by atoms with E-state index in [9.17, 15) is 4.79 Å². The van der Waals surface area contributed by atoms with Gasteiger partial charge in [-0.2, -0.15) is 0 Å². The zero-order valence-electron chi connectivity index (χ0n) is 19.0. The molecular formula is C21H38IN7OS. The lowest BCUT2D eigenvalue weighted by molar-refractivity contribution is -0.122. The molecule has 2 fully saturated rings. The molecule has 1 amide bonds. The molecule has 0 unspecified atom stereocenters. The molecule has 3 rings (SSSR count). The molecule has 2 saturated heterocycles. The minimum atomic E-state index is 0. The number of aryl methyl sites for hydroxylation is 1. The van der Waals surface area contributed by atoms with Gasteiger partial charge in [0.15, 0.2) is 5.96 Å². The van der Waals surface area contributed by atoms with Crippen molar-refractivity contribution in [2.75, 3.05) is 53.4 Å². The van der Waals surface area contributed by atoms with Gasteiger partial charge in [-0.25, -0.2) is 4.98 Å². The lowest BCUT2D eigenvalue weighted by Crippen LogP contribution is -2.50. The zero-order chi connectivity index (χ0) is 21.3. The van der Waals surface area contributed by atoms with Gasteiger partial charge >= 0.3 is 0 Å². The van der Waals surface area contributed by atoms with E-state index >= 15 is 0 Å². The van der Waals surface area contributed by atoms with Crippen LogP contribution in [-0.2, 0) is 11.3 Å². The Morgan fingerprint density at radius 3 is 2.45 bits per heavy atom. The number of thiazole rings is 1. The maximum Gasteiger partial charge on any atom is 0.233 e. The predicted molar refractivity (Wildman–Crippen MR) is 138 cm³/mol. The molecule has 8 nitrogen and oxygen atoms in total. The molecule has 0 aromatic carbocycles. The number of hydrogen-bond donors (Lipinski definition) is 3. The fraction of sp³-hybridized carbons (Fsp3) is 0.762. The third kappa shape index (κ3) is 8.82. The van der Waals surface area contributed by atoms with Crippen molar-refractivity contribution in [1.29, 1.82) is 0 Å². The van der Waals surface area contributed by atoms with Crippen LogP contribution in [0.15, 0.2) is 10.4 Å². The van der Waals surface area contributed by atoms with Crippen molar-refractivity contribution in [3.8, 4) is 0 Å². The summed E-state index contributed by atoms with van der Waals surface area (Å²) in [7, 11) is 3.53.